The number of esters is 2. The second-order valence-electron chi connectivity index (χ2n) is 11.6. The molecule has 0 spiro atoms. The molecule has 0 bridgehead atoms. The molecule has 1 aromatic carbocycles. The first-order valence-electron chi connectivity index (χ1n) is 15.1. The second-order valence-corrected chi connectivity index (χ2v) is 11.6. The highest BCUT2D eigenvalue weighted by Crippen LogP contribution is 2.39. The minimum Gasteiger partial charge on any atom is -0.461 e. The summed E-state index contributed by atoms with van der Waals surface area (Å²) in [5.74, 6) is 0.353. The van der Waals surface area contributed by atoms with Gasteiger partial charge in [-0.05, 0) is 62.0 Å². The van der Waals surface area contributed by atoms with Crippen molar-refractivity contribution in [1.82, 2.24) is 0 Å². The molecule has 39 heavy (non-hydrogen) atoms. The summed E-state index contributed by atoms with van der Waals surface area (Å²) in [6.45, 7) is 12.9. The van der Waals surface area contributed by atoms with Crippen molar-refractivity contribution in [2.24, 2.45) is 5.92 Å². The molecule has 1 N–H and O–H groups in total. The Morgan fingerprint density at radius 1 is 0.872 bits per heavy atom. The van der Waals surface area contributed by atoms with Gasteiger partial charge in [0, 0.05) is 5.57 Å². The zero-order valence-electron chi connectivity index (χ0n) is 24.8. The molecule has 0 heterocycles. The number of unbranched alkanes of at least 4 members (excludes halogenated alkanes) is 5. The molecule has 1 aromatic rings. The zero-order chi connectivity index (χ0) is 28.7. The third-order valence-corrected chi connectivity index (χ3v) is 8.35. The van der Waals surface area contributed by atoms with Gasteiger partial charge in [-0.3, -0.25) is 0 Å². The molecular formula is C34H52O5. The van der Waals surface area contributed by atoms with E-state index in [2.05, 4.69) is 51.3 Å². The lowest BCUT2D eigenvalue weighted by Crippen LogP contribution is -2.39. The van der Waals surface area contributed by atoms with Crippen LogP contribution in [0.1, 0.15) is 121 Å². The number of hydrogen-bond acceptors (Lipinski definition) is 5. The van der Waals surface area contributed by atoms with E-state index in [9.17, 15) is 14.7 Å². The topological polar surface area (TPSA) is 72.8 Å². The number of hydrogen-bond donors (Lipinski definition) is 1. The van der Waals surface area contributed by atoms with Gasteiger partial charge in [0.25, 0.3) is 0 Å². The van der Waals surface area contributed by atoms with Gasteiger partial charge in [-0.15, -0.1) is 0 Å². The fourth-order valence-electron chi connectivity index (χ4n) is 5.64. The Morgan fingerprint density at radius 3 is 2.03 bits per heavy atom. The number of rotatable bonds is 18. The van der Waals surface area contributed by atoms with Crippen LogP contribution < -0.4 is 0 Å². The van der Waals surface area contributed by atoms with Crippen molar-refractivity contribution in [3.05, 3.63) is 59.7 Å². The summed E-state index contributed by atoms with van der Waals surface area (Å²) < 4.78 is 11.3. The summed E-state index contributed by atoms with van der Waals surface area (Å²) in [5.41, 5.74) is 1.98. The largest absolute Gasteiger partial charge is 0.461 e. The van der Waals surface area contributed by atoms with E-state index < -0.39 is 24.0 Å². The van der Waals surface area contributed by atoms with Crippen LogP contribution in [0.5, 0.6) is 0 Å². The maximum absolute atomic E-state index is 12.4. The summed E-state index contributed by atoms with van der Waals surface area (Å²) in [7, 11) is 0. The van der Waals surface area contributed by atoms with Crippen LogP contribution in [0.4, 0.5) is 0 Å². The minimum absolute atomic E-state index is 0.00484. The first kappa shape index (κ1) is 32.8. The maximum Gasteiger partial charge on any atom is 0.335 e. The molecule has 1 aliphatic rings. The molecule has 1 saturated carbocycles. The van der Waals surface area contributed by atoms with E-state index in [4.69, 9.17) is 9.47 Å². The fraction of sp³-hybridized carbons (Fsp3) is 0.647. The minimum atomic E-state index is -0.694. The van der Waals surface area contributed by atoms with Crippen molar-refractivity contribution < 1.29 is 24.2 Å². The van der Waals surface area contributed by atoms with Gasteiger partial charge < -0.3 is 14.6 Å². The van der Waals surface area contributed by atoms with Gasteiger partial charge in [0.15, 0.2) is 0 Å². The average Bonchev–Trinajstić information content (AvgIpc) is 2.96. The Kier molecular flexibility index (Phi) is 14.6. The number of aliphatic hydroxyl groups excluding tert-OH is 1. The Balaban J connectivity index is 2.14. The van der Waals surface area contributed by atoms with Gasteiger partial charge in [-0.25, -0.2) is 9.59 Å². The number of aliphatic hydroxyl groups is 1. The van der Waals surface area contributed by atoms with E-state index in [-0.39, 0.29) is 18.8 Å². The summed E-state index contributed by atoms with van der Waals surface area (Å²) in [4.78, 5) is 24.7. The quantitative estimate of drug-likeness (QED) is 0.116. The van der Waals surface area contributed by atoms with Gasteiger partial charge >= 0.3 is 11.9 Å². The monoisotopic (exact) mass is 540 g/mol. The van der Waals surface area contributed by atoms with Gasteiger partial charge in [0.1, 0.15) is 13.2 Å². The molecule has 1 unspecified atom stereocenters. The van der Waals surface area contributed by atoms with E-state index in [0.29, 0.717) is 17.9 Å². The molecule has 5 nitrogen and oxygen atoms in total. The lowest BCUT2D eigenvalue weighted by atomic mass is 9.74. The molecule has 0 aliphatic heterocycles. The Labute approximate surface area is 237 Å². The Morgan fingerprint density at radius 2 is 1.46 bits per heavy atom. The normalized spacial score (nSPS) is 18.7. The number of ether oxygens (including phenoxy) is 2. The van der Waals surface area contributed by atoms with Crippen molar-refractivity contribution >= 4 is 11.9 Å². The molecule has 0 radical (unpaired) electrons. The highest BCUT2D eigenvalue weighted by atomic mass is 16.5. The van der Waals surface area contributed by atoms with Crippen molar-refractivity contribution in [1.29, 1.82) is 0 Å². The van der Waals surface area contributed by atoms with Crippen molar-refractivity contribution in [3.63, 3.8) is 0 Å². The van der Waals surface area contributed by atoms with Gasteiger partial charge in [0.05, 0.1) is 17.6 Å². The van der Waals surface area contributed by atoms with Crippen LogP contribution in [0.3, 0.4) is 0 Å². The molecule has 0 aromatic heterocycles. The van der Waals surface area contributed by atoms with E-state index in [1.807, 2.05) is 0 Å². The number of carbonyl (C=O) groups excluding carboxylic acids is 2. The SMILES string of the molecule is C=C(C)C(=O)OCC(CCCC)(COC(=O)C(=C)CO)c1ccc(C2CCC(CCCCCCC)CC2)cc1. The summed E-state index contributed by atoms with van der Waals surface area (Å²) in [6.07, 6.45) is 15.8. The highest BCUT2D eigenvalue weighted by Gasteiger charge is 2.36. The van der Waals surface area contributed by atoms with Crippen LogP contribution in [0, 0.1) is 5.92 Å². The molecule has 1 aliphatic carbocycles. The zero-order valence-corrected chi connectivity index (χ0v) is 24.8. The van der Waals surface area contributed by atoms with Crippen molar-refractivity contribution in [2.45, 2.75) is 116 Å². The molecule has 0 saturated heterocycles. The summed E-state index contributed by atoms with van der Waals surface area (Å²) in [6, 6.07) is 8.66. The van der Waals surface area contributed by atoms with Gasteiger partial charge in [-0.2, -0.15) is 0 Å². The van der Waals surface area contributed by atoms with Crippen LogP contribution >= 0.6 is 0 Å². The van der Waals surface area contributed by atoms with Crippen LogP contribution in [0.25, 0.3) is 0 Å². The lowest BCUT2D eigenvalue weighted by molar-refractivity contribution is -0.146. The first-order chi connectivity index (χ1) is 18.8. The van der Waals surface area contributed by atoms with Gasteiger partial charge in [-0.1, -0.05) is 103 Å². The van der Waals surface area contributed by atoms with Crippen molar-refractivity contribution in [2.75, 3.05) is 19.8 Å². The average molecular weight is 541 g/mol. The summed E-state index contributed by atoms with van der Waals surface area (Å²) >= 11 is 0. The molecular weight excluding hydrogens is 488 g/mol. The third kappa shape index (κ3) is 10.6. The van der Waals surface area contributed by atoms with Crippen LogP contribution in [-0.2, 0) is 24.5 Å². The molecule has 218 valence electrons. The molecule has 5 heteroatoms. The van der Waals surface area contributed by atoms with Crippen LogP contribution in [0.15, 0.2) is 48.6 Å². The standard InChI is InChI=1S/C34H52O5/c1-6-8-10-11-12-13-28-14-16-29(17-15-28)30-18-20-31(21-19-30)34(22-9-7-2,24-38-32(36)26(3)4)25-39-33(37)27(5)23-35/h18-21,28-29,35H,3,5-17,22-25H2,1-2,4H3. The van der Waals surface area contributed by atoms with Gasteiger partial charge in [0.2, 0.25) is 0 Å². The fourth-order valence-corrected chi connectivity index (χ4v) is 5.64. The maximum atomic E-state index is 12.4. The Hall–Kier alpha value is -2.40. The van der Waals surface area contributed by atoms with Crippen molar-refractivity contribution in [3.8, 4) is 0 Å². The molecule has 1 atom stereocenters. The predicted molar refractivity (Wildman–Crippen MR) is 159 cm³/mol. The van der Waals surface area contributed by atoms with Crippen LogP contribution in [0.2, 0.25) is 0 Å². The van der Waals surface area contributed by atoms with E-state index in [1.54, 1.807) is 6.92 Å². The first-order valence-corrected chi connectivity index (χ1v) is 15.1. The van der Waals surface area contributed by atoms with E-state index in [1.165, 1.54) is 69.8 Å². The Bertz CT molecular complexity index is 910. The van der Waals surface area contributed by atoms with E-state index >= 15 is 0 Å². The molecule has 2 rings (SSSR count). The lowest BCUT2D eigenvalue weighted by Gasteiger charge is -2.34. The number of benzene rings is 1. The number of carbonyl (C=O) groups is 2. The second kappa shape index (κ2) is 17.3. The molecule has 1 fully saturated rings. The van der Waals surface area contributed by atoms with E-state index in [0.717, 1.165) is 24.3 Å². The third-order valence-electron chi connectivity index (χ3n) is 8.35. The molecule has 0 amide bonds. The van der Waals surface area contributed by atoms with Crippen LogP contribution in [-0.4, -0.2) is 36.9 Å². The highest BCUT2D eigenvalue weighted by molar-refractivity contribution is 5.88. The smallest absolute Gasteiger partial charge is 0.335 e. The predicted octanol–water partition coefficient (Wildman–Crippen LogP) is 7.96. The summed E-state index contributed by atoms with van der Waals surface area (Å²) in [5, 5.41) is 9.30.